The van der Waals surface area contributed by atoms with Gasteiger partial charge in [-0.2, -0.15) is 0 Å². The molecule has 12 aromatic rings. The number of anilines is 8. The molecular formula is C80H80BN3O2S. The number of benzene rings is 9. The zero-order valence-electron chi connectivity index (χ0n) is 53.7. The van der Waals surface area contributed by atoms with Crippen LogP contribution in [0, 0.1) is 0 Å². The molecule has 5 nitrogen and oxygen atoms in total. The van der Waals surface area contributed by atoms with Crippen LogP contribution in [0.3, 0.4) is 0 Å². The smallest absolute Gasteiger partial charge is 0.376 e. The molecule has 9 aromatic carbocycles. The number of rotatable bonds is 5. The molecule has 0 fully saturated rings. The highest BCUT2D eigenvalue weighted by Crippen LogP contribution is 2.56. The van der Waals surface area contributed by atoms with Gasteiger partial charge in [0.15, 0.2) is 0 Å². The normalized spacial score (nSPS) is 15.6. The van der Waals surface area contributed by atoms with Crippen molar-refractivity contribution in [1.82, 2.24) is 0 Å². The lowest BCUT2D eigenvalue weighted by molar-refractivity contribution is 0.332. The first-order valence-corrected chi connectivity index (χ1v) is 32.4. The van der Waals surface area contributed by atoms with Crippen LogP contribution in [0.5, 0.6) is 0 Å². The molecule has 87 heavy (non-hydrogen) atoms. The van der Waals surface area contributed by atoms with E-state index < -0.39 is 0 Å². The van der Waals surface area contributed by atoms with Crippen molar-refractivity contribution in [3.05, 3.63) is 203 Å². The molecular weight excluding hydrogens is 1080 g/mol. The number of para-hydroxylation sites is 1. The van der Waals surface area contributed by atoms with E-state index in [0.29, 0.717) is 0 Å². The molecule has 1 aliphatic carbocycles. The van der Waals surface area contributed by atoms with E-state index in [1.54, 1.807) is 0 Å². The highest BCUT2D eigenvalue weighted by molar-refractivity contribution is 7.25. The van der Waals surface area contributed by atoms with Crippen LogP contribution in [0.4, 0.5) is 45.5 Å². The molecule has 0 spiro atoms. The van der Waals surface area contributed by atoms with Gasteiger partial charge in [-0.05, 0) is 187 Å². The predicted octanol–water partition coefficient (Wildman–Crippen LogP) is 22.4. The third kappa shape index (κ3) is 8.74. The van der Waals surface area contributed by atoms with Gasteiger partial charge in [-0.1, -0.05) is 178 Å². The number of hydrogen-bond acceptors (Lipinski definition) is 6. The second kappa shape index (κ2) is 18.8. The Balaban J connectivity index is 1.04. The van der Waals surface area contributed by atoms with Crippen molar-refractivity contribution in [1.29, 1.82) is 0 Å². The second-order valence-electron chi connectivity index (χ2n) is 30.9. The summed E-state index contributed by atoms with van der Waals surface area (Å²) in [6.07, 6.45) is 2.24. The fourth-order valence-corrected chi connectivity index (χ4v) is 15.7. The molecule has 5 heterocycles. The molecule has 7 heteroatoms. The van der Waals surface area contributed by atoms with Crippen LogP contribution in [-0.4, -0.2) is 6.85 Å². The van der Waals surface area contributed by atoms with E-state index >= 15 is 0 Å². The molecule has 15 rings (SSSR count). The molecule has 0 radical (unpaired) electrons. The van der Waals surface area contributed by atoms with Gasteiger partial charge in [0.05, 0.1) is 5.69 Å². The summed E-state index contributed by atoms with van der Waals surface area (Å²) in [6.45, 7) is 36.9. The molecule has 3 aromatic heterocycles. The topological polar surface area (TPSA) is 36.0 Å². The average Bonchev–Trinajstić information content (AvgIpc) is 1.65. The van der Waals surface area contributed by atoms with Gasteiger partial charge in [0.2, 0.25) is 0 Å². The Morgan fingerprint density at radius 2 is 0.966 bits per heavy atom. The SMILES string of the molecule is CC(C)(C)c1ccc(N2B3c4oc5cc6c(cc5c4N(c4ccc(C(C)(C)C)cc4)c4cc5c(oc7ccccc75)c(c43)-c3cc4c(cc32)sc2ccc(N(c3ccc(C(C)(C)C)cc3)c3ccc(C(C)(C)C)cc3)cc24)C(C)(C)CCC6(C)C)cc1. The summed E-state index contributed by atoms with van der Waals surface area (Å²) in [5, 5.41) is 5.79. The molecule has 0 saturated heterocycles. The molecule has 0 unspecified atom stereocenters. The van der Waals surface area contributed by atoms with Gasteiger partial charge in [0, 0.05) is 87.3 Å². The van der Waals surface area contributed by atoms with Crippen molar-refractivity contribution >= 4 is 128 Å². The third-order valence-corrected chi connectivity index (χ3v) is 21.1. The van der Waals surface area contributed by atoms with Crippen molar-refractivity contribution < 1.29 is 8.83 Å². The number of fused-ring (bicyclic) bond motifs is 14. The highest BCUT2D eigenvalue weighted by atomic mass is 32.1. The minimum Gasteiger partial charge on any atom is -0.466 e. The van der Waals surface area contributed by atoms with Crippen molar-refractivity contribution in [2.75, 3.05) is 14.6 Å². The third-order valence-electron chi connectivity index (χ3n) is 19.9. The van der Waals surface area contributed by atoms with Crippen molar-refractivity contribution in [2.45, 2.75) is 156 Å². The van der Waals surface area contributed by atoms with Gasteiger partial charge in [-0.3, -0.25) is 0 Å². The van der Waals surface area contributed by atoms with Crippen LogP contribution < -0.4 is 25.7 Å². The minimum atomic E-state index is -0.368. The summed E-state index contributed by atoms with van der Waals surface area (Å²) in [7, 11) is 0. The number of thiophene rings is 1. The Kier molecular flexibility index (Phi) is 12.0. The molecule has 436 valence electrons. The lowest BCUT2D eigenvalue weighted by Gasteiger charge is -2.44. The zero-order chi connectivity index (χ0) is 60.8. The van der Waals surface area contributed by atoms with E-state index in [2.05, 4.69) is 295 Å². The molecule has 3 aliphatic rings. The minimum absolute atomic E-state index is 0.00876. The first kappa shape index (κ1) is 55.6. The van der Waals surface area contributed by atoms with E-state index in [1.165, 1.54) is 59.0 Å². The highest BCUT2D eigenvalue weighted by Gasteiger charge is 2.51. The Labute approximate surface area is 518 Å². The molecule has 0 amide bonds. The summed E-state index contributed by atoms with van der Waals surface area (Å²) in [5.41, 5.74) is 24.0. The van der Waals surface area contributed by atoms with Crippen LogP contribution >= 0.6 is 11.3 Å². The average molecular weight is 1160 g/mol. The Morgan fingerprint density at radius 3 is 1.54 bits per heavy atom. The number of nitrogens with zero attached hydrogens (tertiary/aromatic N) is 3. The van der Waals surface area contributed by atoms with Gasteiger partial charge in [0.25, 0.3) is 0 Å². The van der Waals surface area contributed by atoms with E-state index in [9.17, 15) is 0 Å². The van der Waals surface area contributed by atoms with E-state index in [1.807, 2.05) is 11.3 Å². The first-order valence-electron chi connectivity index (χ1n) is 31.5. The molecule has 0 atom stereocenters. The quantitative estimate of drug-likeness (QED) is 0.161. The maximum atomic E-state index is 7.79. The summed E-state index contributed by atoms with van der Waals surface area (Å²) >= 11 is 1.88. The molecule has 0 N–H and O–H groups in total. The van der Waals surface area contributed by atoms with Crippen LogP contribution in [0.25, 0.3) is 64.2 Å². The summed E-state index contributed by atoms with van der Waals surface area (Å²) in [6, 6.07) is 65.3. The largest absolute Gasteiger partial charge is 0.466 e. The van der Waals surface area contributed by atoms with E-state index in [-0.39, 0.29) is 39.3 Å². The Bertz CT molecular complexity index is 4720. The monoisotopic (exact) mass is 1160 g/mol. The van der Waals surface area contributed by atoms with Crippen LogP contribution in [-0.2, 0) is 32.5 Å². The maximum absolute atomic E-state index is 7.79. The van der Waals surface area contributed by atoms with Gasteiger partial charge in [-0.25, -0.2) is 0 Å². The number of furan rings is 2. The Hall–Kier alpha value is -8.00. The van der Waals surface area contributed by atoms with E-state index in [0.717, 1.165) is 108 Å². The van der Waals surface area contributed by atoms with Gasteiger partial charge < -0.3 is 23.4 Å². The van der Waals surface area contributed by atoms with Crippen LogP contribution in [0.1, 0.15) is 157 Å². The fourth-order valence-electron chi connectivity index (χ4n) is 14.6. The summed E-state index contributed by atoms with van der Waals surface area (Å²) in [5.74, 6) is 0. The zero-order valence-corrected chi connectivity index (χ0v) is 54.5. The Morgan fingerprint density at radius 1 is 0.448 bits per heavy atom. The summed E-state index contributed by atoms with van der Waals surface area (Å²) < 4.78 is 17.6. The van der Waals surface area contributed by atoms with Crippen LogP contribution in [0.15, 0.2) is 179 Å². The van der Waals surface area contributed by atoms with Crippen molar-refractivity contribution in [2.24, 2.45) is 0 Å². The lowest BCUT2D eigenvalue weighted by Crippen LogP contribution is -2.61. The van der Waals surface area contributed by atoms with Crippen molar-refractivity contribution in [3.8, 4) is 11.1 Å². The fraction of sp³-hybridized carbons (Fsp3) is 0.300. The molecule has 2 aliphatic heterocycles. The predicted molar refractivity (Wildman–Crippen MR) is 375 cm³/mol. The molecule has 0 bridgehead atoms. The summed E-state index contributed by atoms with van der Waals surface area (Å²) in [4.78, 5) is 7.62. The van der Waals surface area contributed by atoms with Crippen molar-refractivity contribution in [3.63, 3.8) is 0 Å². The van der Waals surface area contributed by atoms with Gasteiger partial charge >= 0.3 is 6.85 Å². The molecule has 0 saturated carbocycles. The van der Waals surface area contributed by atoms with Gasteiger partial charge in [0.1, 0.15) is 22.4 Å². The second-order valence-corrected chi connectivity index (χ2v) is 32.0. The lowest BCUT2D eigenvalue weighted by atomic mass is 9.45. The van der Waals surface area contributed by atoms with Gasteiger partial charge in [-0.15, -0.1) is 11.3 Å². The number of hydrogen-bond donors (Lipinski definition) is 0. The maximum Gasteiger partial charge on any atom is 0.376 e. The first-order chi connectivity index (χ1) is 41.1. The van der Waals surface area contributed by atoms with Crippen LogP contribution in [0.2, 0.25) is 0 Å². The van der Waals surface area contributed by atoms with E-state index in [4.69, 9.17) is 8.83 Å². The standard InChI is InChI=1S/C80H80BN3O2S/c1-75(2,3)47-21-29-51(30-22-47)82(52-31-23-48(24-32-52)76(4,5)6)55-37-38-68-57(41-55)58-42-60-64(46-69(58)87-68)84(54-35-27-50(28-36-54)78(10,11)12)81-71-65(44-59-56-19-17-18-20-66(56)85-73(59)70(60)71)83(53-33-25-49(26-34-53)77(7,8)9)72-61-43-62-63(45-67(61)86-74(72)81)80(15,16)40-39-79(62,13)14/h17-38,41-46H,39-40H2,1-16H3.